The van der Waals surface area contributed by atoms with E-state index in [1.807, 2.05) is 6.07 Å². The first-order valence-electron chi connectivity index (χ1n) is 6.90. The van der Waals surface area contributed by atoms with Crippen LogP contribution >= 0.6 is 0 Å². The number of ether oxygens (including phenoxy) is 1. The Morgan fingerprint density at radius 1 is 1.20 bits per heavy atom. The van der Waals surface area contributed by atoms with Gasteiger partial charge < -0.3 is 15.2 Å². The predicted octanol–water partition coefficient (Wildman–Crippen LogP) is 1.44. The number of hydrogen-bond donors (Lipinski definition) is 2. The van der Waals surface area contributed by atoms with E-state index in [4.69, 9.17) is 4.74 Å². The zero-order valence-electron chi connectivity index (χ0n) is 11.0. The highest BCUT2D eigenvalue weighted by molar-refractivity contribution is 5.89. The van der Waals surface area contributed by atoms with Crippen molar-refractivity contribution in [2.24, 2.45) is 5.92 Å². The van der Waals surface area contributed by atoms with Gasteiger partial charge in [0.05, 0.1) is 5.56 Å². The number of carbonyl (C=O) groups is 2. The summed E-state index contributed by atoms with van der Waals surface area (Å²) in [7, 11) is 0. The molecule has 0 unspecified atom stereocenters. The van der Waals surface area contributed by atoms with Crippen LogP contribution in [-0.4, -0.2) is 35.2 Å². The van der Waals surface area contributed by atoms with Gasteiger partial charge in [0.2, 0.25) is 0 Å². The topological polar surface area (TPSA) is 75.6 Å². The van der Waals surface area contributed by atoms with E-state index in [-0.39, 0.29) is 12.1 Å². The highest BCUT2D eigenvalue weighted by Gasteiger charge is 2.47. The maximum Gasteiger partial charge on any atom is 0.338 e. The normalized spacial score (nSPS) is 31.8. The van der Waals surface area contributed by atoms with E-state index >= 15 is 0 Å². The number of carboxylic acid groups (broad SMARTS) is 1. The fraction of sp³-hybridized carbons (Fsp3) is 0.467. The van der Waals surface area contributed by atoms with Crippen molar-refractivity contribution in [1.82, 2.24) is 5.32 Å². The average molecular weight is 275 g/mol. The van der Waals surface area contributed by atoms with Crippen LogP contribution in [0.5, 0.6) is 0 Å². The van der Waals surface area contributed by atoms with Crippen LogP contribution in [0.2, 0.25) is 0 Å². The number of benzene rings is 1. The molecule has 4 atom stereocenters. The lowest BCUT2D eigenvalue weighted by atomic mass is 9.89. The van der Waals surface area contributed by atoms with Crippen LogP contribution in [0.4, 0.5) is 0 Å². The summed E-state index contributed by atoms with van der Waals surface area (Å²) in [5.41, 5.74) is 0.461. The zero-order valence-corrected chi connectivity index (χ0v) is 11.0. The molecule has 2 bridgehead atoms. The minimum atomic E-state index is -0.895. The lowest BCUT2D eigenvalue weighted by molar-refractivity contribution is -0.148. The standard InChI is InChI=1S/C15H17NO4/c17-14(18)13-11-7-6-10(16-11)8-12(13)20-15(19)9-4-2-1-3-5-9/h1-5,10-13,16H,6-8H2,(H,17,18)/t10-,11-,12+,13-/m0/s1. The summed E-state index contributed by atoms with van der Waals surface area (Å²) in [6.07, 6.45) is 1.82. The highest BCUT2D eigenvalue weighted by atomic mass is 16.5. The molecule has 2 heterocycles. The van der Waals surface area contributed by atoms with E-state index in [9.17, 15) is 14.7 Å². The number of nitrogens with one attached hydrogen (secondary N) is 1. The van der Waals surface area contributed by atoms with Gasteiger partial charge in [0, 0.05) is 18.5 Å². The third kappa shape index (κ3) is 2.41. The van der Waals surface area contributed by atoms with E-state index in [2.05, 4.69) is 5.32 Å². The predicted molar refractivity (Wildman–Crippen MR) is 71.3 cm³/mol. The highest BCUT2D eigenvalue weighted by Crippen LogP contribution is 2.34. The van der Waals surface area contributed by atoms with Gasteiger partial charge in [-0.1, -0.05) is 18.2 Å². The van der Waals surface area contributed by atoms with E-state index in [0.29, 0.717) is 12.0 Å². The second-order valence-electron chi connectivity index (χ2n) is 5.46. The fourth-order valence-electron chi connectivity index (χ4n) is 3.24. The van der Waals surface area contributed by atoms with Gasteiger partial charge in [-0.15, -0.1) is 0 Å². The molecule has 0 saturated carbocycles. The number of fused-ring (bicyclic) bond motifs is 2. The third-order valence-corrected chi connectivity index (χ3v) is 4.18. The van der Waals surface area contributed by atoms with E-state index < -0.39 is 24.0 Å². The molecule has 0 spiro atoms. The van der Waals surface area contributed by atoms with Crippen molar-refractivity contribution in [3.63, 3.8) is 0 Å². The Hall–Kier alpha value is -1.88. The van der Waals surface area contributed by atoms with Crippen LogP contribution in [0.15, 0.2) is 30.3 Å². The number of carbonyl (C=O) groups excluding carboxylic acids is 1. The Kier molecular flexibility index (Phi) is 3.44. The second kappa shape index (κ2) is 5.25. The molecule has 1 aromatic carbocycles. The van der Waals surface area contributed by atoms with Crippen LogP contribution in [0, 0.1) is 5.92 Å². The summed E-state index contributed by atoms with van der Waals surface area (Å²) in [5, 5.41) is 12.7. The molecular weight excluding hydrogens is 258 g/mol. The van der Waals surface area contributed by atoms with Gasteiger partial charge >= 0.3 is 11.9 Å². The molecule has 3 rings (SSSR count). The molecule has 0 aromatic heterocycles. The van der Waals surface area contributed by atoms with Crippen molar-refractivity contribution < 1.29 is 19.4 Å². The minimum absolute atomic E-state index is 0.0835. The molecule has 5 nitrogen and oxygen atoms in total. The Balaban J connectivity index is 1.75. The van der Waals surface area contributed by atoms with E-state index in [1.54, 1.807) is 24.3 Å². The monoisotopic (exact) mass is 275 g/mol. The minimum Gasteiger partial charge on any atom is -0.481 e. The molecule has 5 heteroatoms. The molecule has 2 N–H and O–H groups in total. The number of aliphatic carboxylic acids is 1. The fourth-order valence-corrected chi connectivity index (χ4v) is 3.24. The molecule has 2 aliphatic heterocycles. The third-order valence-electron chi connectivity index (χ3n) is 4.18. The molecule has 0 amide bonds. The zero-order chi connectivity index (χ0) is 14.1. The summed E-state index contributed by atoms with van der Waals surface area (Å²) in [4.78, 5) is 23.5. The summed E-state index contributed by atoms with van der Waals surface area (Å²) < 4.78 is 5.47. The molecule has 0 radical (unpaired) electrons. The maximum absolute atomic E-state index is 12.1. The molecule has 0 aliphatic carbocycles. The molecule has 2 saturated heterocycles. The Morgan fingerprint density at radius 2 is 1.95 bits per heavy atom. The van der Waals surface area contributed by atoms with Crippen LogP contribution in [-0.2, 0) is 9.53 Å². The summed E-state index contributed by atoms with van der Waals surface area (Å²) >= 11 is 0. The van der Waals surface area contributed by atoms with Crippen LogP contribution < -0.4 is 5.32 Å². The first kappa shape index (κ1) is 13.1. The lowest BCUT2D eigenvalue weighted by Crippen LogP contribution is -2.52. The number of hydrogen-bond acceptors (Lipinski definition) is 4. The number of esters is 1. The number of piperidine rings is 1. The smallest absolute Gasteiger partial charge is 0.338 e. The summed E-state index contributed by atoms with van der Waals surface area (Å²) in [6.45, 7) is 0. The molecule has 2 aliphatic rings. The van der Waals surface area contributed by atoms with Crippen LogP contribution in [0.25, 0.3) is 0 Å². The lowest BCUT2D eigenvalue weighted by Gasteiger charge is -2.34. The van der Waals surface area contributed by atoms with Gasteiger partial charge in [-0.2, -0.15) is 0 Å². The number of rotatable bonds is 3. The van der Waals surface area contributed by atoms with Crippen molar-refractivity contribution in [1.29, 1.82) is 0 Å². The van der Waals surface area contributed by atoms with Crippen LogP contribution in [0.3, 0.4) is 0 Å². The summed E-state index contributed by atoms with van der Waals surface area (Å²) in [5.74, 6) is -1.99. The van der Waals surface area contributed by atoms with E-state index in [0.717, 1.165) is 12.8 Å². The van der Waals surface area contributed by atoms with Crippen molar-refractivity contribution >= 4 is 11.9 Å². The molecule has 20 heavy (non-hydrogen) atoms. The molecule has 106 valence electrons. The van der Waals surface area contributed by atoms with Gasteiger partial charge in [-0.05, 0) is 25.0 Å². The Labute approximate surface area is 116 Å². The maximum atomic E-state index is 12.1. The largest absolute Gasteiger partial charge is 0.481 e. The van der Waals surface area contributed by atoms with Gasteiger partial charge in [0.1, 0.15) is 12.0 Å². The quantitative estimate of drug-likeness (QED) is 0.816. The molecular formula is C15H17NO4. The van der Waals surface area contributed by atoms with Gasteiger partial charge in [-0.25, -0.2) is 4.79 Å². The van der Waals surface area contributed by atoms with Gasteiger partial charge in [0.15, 0.2) is 0 Å². The molecule has 1 aromatic rings. The number of carboxylic acids is 1. The molecule has 2 fully saturated rings. The van der Waals surface area contributed by atoms with Crippen LogP contribution in [0.1, 0.15) is 29.6 Å². The Morgan fingerprint density at radius 3 is 2.65 bits per heavy atom. The van der Waals surface area contributed by atoms with Crippen molar-refractivity contribution in [3.8, 4) is 0 Å². The first-order chi connectivity index (χ1) is 9.65. The van der Waals surface area contributed by atoms with Gasteiger partial charge in [0.25, 0.3) is 0 Å². The van der Waals surface area contributed by atoms with Crippen molar-refractivity contribution in [3.05, 3.63) is 35.9 Å². The Bertz CT molecular complexity index is 516. The van der Waals surface area contributed by atoms with Crippen molar-refractivity contribution in [2.45, 2.75) is 37.5 Å². The van der Waals surface area contributed by atoms with E-state index in [1.165, 1.54) is 0 Å². The average Bonchev–Trinajstić information content (AvgIpc) is 2.81. The second-order valence-corrected chi connectivity index (χ2v) is 5.46. The van der Waals surface area contributed by atoms with Gasteiger partial charge in [-0.3, -0.25) is 4.79 Å². The summed E-state index contributed by atoms with van der Waals surface area (Å²) in [6, 6.07) is 8.88. The SMILES string of the molecule is O=C(O[C@@H]1C[C@@H]2CC[C@H](N2)[C@@H]1C(=O)O)c1ccccc1. The first-order valence-corrected chi connectivity index (χ1v) is 6.90. The van der Waals surface area contributed by atoms with Crippen molar-refractivity contribution in [2.75, 3.05) is 0 Å².